The van der Waals surface area contributed by atoms with Gasteiger partial charge in [-0.05, 0) is 36.8 Å². The third-order valence-corrected chi connectivity index (χ3v) is 4.33. The van der Waals surface area contributed by atoms with Gasteiger partial charge in [0.15, 0.2) is 0 Å². The van der Waals surface area contributed by atoms with Gasteiger partial charge in [-0.15, -0.1) is 0 Å². The van der Waals surface area contributed by atoms with E-state index in [1.807, 2.05) is 0 Å². The number of aromatic nitrogens is 3. The van der Waals surface area contributed by atoms with E-state index in [0.29, 0.717) is 15.7 Å². The molecular formula is C16H14Cl2N4O3. The zero-order chi connectivity index (χ0) is 18.1. The van der Waals surface area contributed by atoms with Gasteiger partial charge in [0, 0.05) is 0 Å². The number of carbonyl (C=O) groups excluding carboxylic acids is 1. The third kappa shape index (κ3) is 3.53. The lowest BCUT2D eigenvalue weighted by molar-refractivity contribution is -0.123. The van der Waals surface area contributed by atoms with Crippen LogP contribution in [0.3, 0.4) is 0 Å². The number of amides is 1. The largest absolute Gasteiger partial charge is 0.384 e. The second kappa shape index (κ2) is 6.87. The van der Waals surface area contributed by atoms with Crippen LogP contribution in [-0.4, -0.2) is 31.1 Å². The minimum Gasteiger partial charge on any atom is -0.384 e. The quantitative estimate of drug-likeness (QED) is 0.725. The molecule has 3 aromatic rings. The molecule has 1 unspecified atom stereocenters. The second-order valence-corrected chi connectivity index (χ2v) is 6.30. The highest BCUT2D eigenvalue weighted by Gasteiger charge is 2.14. The fourth-order valence-corrected chi connectivity index (χ4v) is 2.63. The van der Waals surface area contributed by atoms with Crippen LogP contribution in [0.25, 0.3) is 5.65 Å². The summed E-state index contributed by atoms with van der Waals surface area (Å²) in [5.41, 5.74) is 0.776. The molecule has 0 aliphatic carbocycles. The number of rotatable bonds is 4. The SMILES string of the molecule is CC(O)C(=O)Nc1ccc2ncn(Cc3ccc(Cl)c(Cl)c3)c(=O)n12. The first-order valence-corrected chi connectivity index (χ1v) is 8.12. The number of hydrogen-bond acceptors (Lipinski definition) is 4. The molecule has 130 valence electrons. The standard InChI is InChI=1S/C16H14Cl2N4O3/c1-9(23)15(24)20-14-5-4-13-19-8-21(16(25)22(13)14)7-10-2-3-11(17)12(18)6-10/h2-6,8-9,23H,7H2,1H3,(H,20,24). The van der Waals surface area contributed by atoms with Gasteiger partial charge in [0.1, 0.15) is 23.9 Å². The van der Waals surface area contributed by atoms with E-state index in [4.69, 9.17) is 23.2 Å². The number of hydrogen-bond donors (Lipinski definition) is 2. The number of anilines is 1. The van der Waals surface area contributed by atoms with E-state index >= 15 is 0 Å². The highest BCUT2D eigenvalue weighted by Crippen LogP contribution is 2.22. The lowest BCUT2D eigenvalue weighted by atomic mass is 10.2. The van der Waals surface area contributed by atoms with Crippen LogP contribution in [0.1, 0.15) is 12.5 Å². The van der Waals surface area contributed by atoms with E-state index in [-0.39, 0.29) is 18.1 Å². The van der Waals surface area contributed by atoms with Crippen LogP contribution in [0.5, 0.6) is 0 Å². The minimum absolute atomic E-state index is 0.237. The second-order valence-electron chi connectivity index (χ2n) is 5.48. The smallest absolute Gasteiger partial charge is 0.337 e. The van der Waals surface area contributed by atoms with E-state index in [9.17, 15) is 14.7 Å². The lowest BCUT2D eigenvalue weighted by Gasteiger charge is -2.10. The van der Waals surface area contributed by atoms with Crippen LogP contribution in [0.2, 0.25) is 10.0 Å². The molecule has 7 nitrogen and oxygen atoms in total. The first-order valence-electron chi connectivity index (χ1n) is 7.36. The van der Waals surface area contributed by atoms with Gasteiger partial charge in [-0.3, -0.25) is 9.36 Å². The Morgan fingerprint density at radius 3 is 2.72 bits per heavy atom. The molecule has 0 fully saturated rings. The Morgan fingerprint density at radius 2 is 2.04 bits per heavy atom. The summed E-state index contributed by atoms with van der Waals surface area (Å²) in [7, 11) is 0. The van der Waals surface area contributed by atoms with Crippen molar-refractivity contribution in [1.29, 1.82) is 0 Å². The number of nitrogens with zero attached hydrogens (tertiary/aromatic N) is 3. The van der Waals surface area contributed by atoms with Crippen molar-refractivity contribution in [3.8, 4) is 0 Å². The molecule has 0 spiro atoms. The molecule has 2 N–H and O–H groups in total. The van der Waals surface area contributed by atoms with Gasteiger partial charge in [0.25, 0.3) is 5.91 Å². The van der Waals surface area contributed by atoms with Crippen molar-refractivity contribution in [2.45, 2.75) is 19.6 Å². The van der Waals surface area contributed by atoms with Crippen molar-refractivity contribution in [2.75, 3.05) is 5.32 Å². The van der Waals surface area contributed by atoms with E-state index < -0.39 is 12.0 Å². The Balaban J connectivity index is 1.99. The summed E-state index contributed by atoms with van der Waals surface area (Å²) in [6.07, 6.45) is 0.223. The van der Waals surface area contributed by atoms with Crippen LogP contribution >= 0.6 is 23.2 Å². The van der Waals surface area contributed by atoms with E-state index in [2.05, 4.69) is 10.3 Å². The Labute approximate surface area is 152 Å². The van der Waals surface area contributed by atoms with Gasteiger partial charge in [-0.1, -0.05) is 29.3 Å². The predicted molar refractivity (Wildman–Crippen MR) is 95.3 cm³/mol. The maximum absolute atomic E-state index is 12.7. The number of nitrogens with one attached hydrogen (secondary N) is 1. The first-order chi connectivity index (χ1) is 11.9. The van der Waals surface area contributed by atoms with Crippen LogP contribution in [-0.2, 0) is 11.3 Å². The van der Waals surface area contributed by atoms with E-state index in [1.165, 1.54) is 22.2 Å². The van der Waals surface area contributed by atoms with Crippen molar-refractivity contribution in [1.82, 2.24) is 14.0 Å². The van der Waals surface area contributed by atoms with E-state index in [0.717, 1.165) is 5.56 Å². The van der Waals surface area contributed by atoms with Crippen LogP contribution in [0, 0.1) is 0 Å². The molecule has 0 radical (unpaired) electrons. The average Bonchev–Trinajstić information content (AvgIpc) is 2.97. The summed E-state index contributed by atoms with van der Waals surface area (Å²) in [6, 6.07) is 8.24. The molecule has 0 saturated heterocycles. The molecule has 0 saturated carbocycles. The molecule has 0 aliphatic rings. The zero-order valence-electron chi connectivity index (χ0n) is 13.1. The van der Waals surface area contributed by atoms with E-state index in [1.54, 1.807) is 30.3 Å². The van der Waals surface area contributed by atoms with Crippen LogP contribution in [0.15, 0.2) is 41.5 Å². The van der Waals surface area contributed by atoms with Crippen LogP contribution in [0.4, 0.5) is 5.82 Å². The van der Waals surface area contributed by atoms with Gasteiger partial charge in [-0.25, -0.2) is 14.2 Å². The molecule has 2 heterocycles. The van der Waals surface area contributed by atoms with Gasteiger partial charge in [0.05, 0.1) is 16.6 Å². The Bertz CT molecular complexity index is 1010. The Morgan fingerprint density at radius 1 is 1.28 bits per heavy atom. The Kier molecular flexibility index (Phi) is 4.80. The number of halogens is 2. The zero-order valence-corrected chi connectivity index (χ0v) is 14.6. The van der Waals surface area contributed by atoms with Crippen LogP contribution < -0.4 is 11.0 Å². The van der Waals surface area contributed by atoms with Gasteiger partial charge < -0.3 is 10.4 Å². The fourth-order valence-electron chi connectivity index (χ4n) is 2.31. The maximum atomic E-state index is 12.7. The normalized spacial score (nSPS) is 12.3. The molecule has 1 aromatic carbocycles. The summed E-state index contributed by atoms with van der Waals surface area (Å²) in [6.45, 7) is 1.58. The summed E-state index contributed by atoms with van der Waals surface area (Å²) in [4.78, 5) is 28.6. The summed E-state index contributed by atoms with van der Waals surface area (Å²) in [5.74, 6) is -0.374. The first kappa shape index (κ1) is 17.5. The molecule has 0 bridgehead atoms. The van der Waals surface area contributed by atoms with Crippen molar-refractivity contribution >= 4 is 40.6 Å². The monoisotopic (exact) mass is 380 g/mol. The Hall–Kier alpha value is -2.35. The van der Waals surface area contributed by atoms with Gasteiger partial charge in [0.2, 0.25) is 0 Å². The van der Waals surface area contributed by atoms with Crippen molar-refractivity contribution < 1.29 is 9.90 Å². The number of fused-ring (bicyclic) bond motifs is 1. The van der Waals surface area contributed by atoms with Gasteiger partial charge >= 0.3 is 5.69 Å². The fraction of sp³-hybridized carbons (Fsp3) is 0.188. The lowest BCUT2D eigenvalue weighted by Crippen LogP contribution is -2.31. The molecule has 25 heavy (non-hydrogen) atoms. The minimum atomic E-state index is -1.19. The third-order valence-electron chi connectivity index (χ3n) is 3.59. The molecule has 1 atom stereocenters. The summed E-state index contributed by atoms with van der Waals surface area (Å²) in [5, 5.41) is 12.6. The van der Waals surface area contributed by atoms with Crippen molar-refractivity contribution in [2.24, 2.45) is 0 Å². The number of benzene rings is 1. The van der Waals surface area contributed by atoms with Gasteiger partial charge in [-0.2, -0.15) is 0 Å². The highest BCUT2D eigenvalue weighted by molar-refractivity contribution is 6.42. The van der Waals surface area contributed by atoms with Crippen molar-refractivity contribution in [3.05, 3.63) is 62.8 Å². The number of aliphatic hydroxyl groups excluding tert-OH is 1. The molecule has 1 amide bonds. The molecule has 2 aromatic heterocycles. The topological polar surface area (TPSA) is 88.6 Å². The molecular weight excluding hydrogens is 367 g/mol. The highest BCUT2D eigenvalue weighted by atomic mass is 35.5. The van der Waals surface area contributed by atoms with Crippen molar-refractivity contribution in [3.63, 3.8) is 0 Å². The molecule has 9 heteroatoms. The molecule has 3 rings (SSSR count). The summed E-state index contributed by atoms with van der Waals surface area (Å²) < 4.78 is 2.64. The average molecular weight is 381 g/mol. The predicted octanol–water partition coefficient (Wildman–Crippen LogP) is 2.17. The number of carbonyl (C=O) groups is 1. The molecule has 0 aliphatic heterocycles. The summed E-state index contributed by atoms with van der Waals surface area (Å²) >= 11 is 11.9. The maximum Gasteiger partial charge on any atom is 0.337 e. The number of aliphatic hydroxyl groups is 1.